The molecule has 10 heteroatoms. The summed E-state index contributed by atoms with van der Waals surface area (Å²) in [5, 5.41) is 4.30. The van der Waals surface area contributed by atoms with Gasteiger partial charge in [-0.25, -0.2) is 4.98 Å². The Balaban J connectivity index is 1.66. The van der Waals surface area contributed by atoms with Crippen molar-refractivity contribution in [3.05, 3.63) is 42.1 Å². The van der Waals surface area contributed by atoms with Gasteiger partial charge in [0.1, 0.15) is 0 Å². The third kappa shape index (κ3) is 4.51. The fraction of sp³-hybridized carbons (Fsp3) is 0.235. The van der Waals surface area contributed by atoms with E-state index in [-0.39, 0.29) is 12.1 Å². The Morgan fingerprint density at radius 3 is 2.74 bits per heavy atom. The normalized spacial score (nSPS) is 16.3. The van der Waals surface area contributed by atoms with Crippen molar-refractivity contribution in [1.82, 2.24) is 4.98 Å². The number of hydrogen-bond acceptors (Lipinski definition) is 5. The van der Waals surface area contributed by atoms with Crippen LogP contribution in [0.25, 0.3) is 0 Å². The van der Waals surface area contributed by atoms with E-state index in [0.717, 1.165) is 23.9 Å². The number of amides is 2. The van der Waals surface area contributed by atoms with Crippen LogP contribution in [0.4, 0.5) is 24.5 Å². The maximum absolute atomic E-state index is 12.8. The number of benzene rings is 1. The number of alkyl halides is 3. The van der Waals surface area contributed by atoms with Crippen LogP contribution in [0.3, 0.4) is 0 Å². The van der Waals surface area contributed by atoms with Gasteiger partial charge in [-0.2, -0.15) is 13.2 Å². The van der Waals surface area contributed by atoms with E-state index in [2.05, 4.69) is 15.6 Å². The van der Waals surface area contributed by atoms with Crippen molar-refractivity contribution in [1.29, 1.82) is 0 Å². The number of ether oxygens (including phenoxy) is 1. The van der Waals surface area contributed by atoms with Crippen molar-refractivity contribution in [3.63, 3.8) is 0 Å². The van der Waals surface area contributed by atoms with E-state index < -0.39 is 28.8 Å². The molecule has 0 radical (unpaired) electrons. The molecule has 0 bridgehead atoms. The minimum atomic E-state index is -4.49. The van der Waals surface area contributed by atoms with Gasteiger partial charge in [-0.1, -0.05) is 0 Å². The van der Waals surface area contributed by atoms with Gasteiger partial charge in [-0.15, -0.1) is 11.8 Å². The molecular weight excluding hydrogens is 383 g/mol. The SMILES string of the molecule is COc1ccc(NC(=O)CC2Sc3ccc(C(F)(F)F)cc3NC2=O)cn1. The first-order valence-corrected chi connectivity index (χ1v) is 8.63. The number of methoxy groups -OCH3 is 1. The number of nitrogens with zero attached hydrogens (tertiary/aromatic N) is 1. The highest BCUT2D eigenvalue weighted by atomic mass is 32.2. The highest BCUT2D eigenvalue weighted by Crippen LogP contribution is 2.40. The first-order chi connectivity index (χ1) is 12.8. The Labute approximate surface area is 156 Å². The quantitative estimate of drug-likeness (QED) is 0.825. The molecule has 1 aliphatic heterocycles. The number of fused-ring (bicyclic) bond motifs is 1. The third-order valence-electron chi connectivity index (χ3n) is 3.73. The van der Waals surface area contributed by atoms with Gasteiger partial charge >= 0.3 is 6.18 Å². The first kappa shape index (κ1) is 19.0. The number of anilines is 2. The number of aromatic nitrogens is 1. The Bertz CT molecular complexity index is 872. The first-order valence-electron chi connectivity index (χ1n) is 7.75. The smallest absolute Gasteiger partial charge is 0.416 e. The molecule has 0 fully saturated rings. The summed E-state index contributed by atoms with van der Waals surface area (Å²) in [6.07, 6.45) is -3.21. The maximum atomic E-state index is 12.8. The van der Waals surface area contributed by atoms with Gasteiger partial charge < -0.3 is 15.4 Å². The second kappa shape index (κ2) is 7.47. The van der Waals surface area contributed by atoms with Gasteiger partial charge in [-0.05, 0) is 24.3 Å². The zero-order chi connectivity index (χ0) is 19.6. The molecule has 1 atom stereocenters. The van der Waals surface area contributed by atoms with Crippen LogP contribution in [0, 0.1) is 0 Å². The van der Waals surface area contributed by atoms with Crippen LogP contribution < -0.4 is 15.4 Å². The minimum absolute atomic E-state index is 0.0934. The van der Waals surface area contributed by atoms with Gasteiger partial charge in [0.05, 0.1) is 35.5 Å². The largest absolute Gasteiger partial charge is 0.481 e. The fourth-order valence-electron chi connectivity index (χ4n) is 2.42. The summed E-state index contributed by atoms with van der Waals surface area (Å²) in [5.74, 6) is -0.537. The number of nitrogens with one attached hydrogen (secondary N) is 2. The molecule has 6 nitrogen and oxygen atoms in total. The molecule has 2 amide bonds. The lowest BCUT2D eigenvalue weighted by Gasteiger charge is -2.24. The standard InChI is InChI=1S/C17H14F3N3O3S/c1-26-15-5-3-10(8-21-15)22-14(24)7-13-16(25)23-11-6-9(17(18,19)20)2-4-12(11)27-13/h2-6,8,13H,7H2,1H3,(H,22,24)(H,23,25). The molecule has 27 heavy (non-hydrogen) atoms. The molecule has 2 heterocycles. The van der Waals surface area contributed by atoms with Crippen LogP contribution in [0.1, 0.15) is 12.0 Å². The van der Waals surface area contributed by atoms with Crippen molar-refractivity contribution in [2.75, 3.05) is 17.7 Å². The summed E-state index contributed by atoms with van der Waals surface area (Å²) in [6.45, 7) is 0. The summed E-state index contributed by atoms with van der Waals surface area (Å²) in [4.78, 5) is 28.8. The van der Waals surface area contributed by atoms with Crippen molar-refractivity contribution in [2.45, 2.75) is 22.7 Å². The van der Waals surface area contributed by atoms with E-state index in [1.54, 1.807) is 12.1 Å². The van der Waals surface area contributed by atoms with Crippen LogP contribution in [0.2, 0.25) is 0 Å². The zero-order valence-electron chi connectivity index (χ0n) is 14.0. The molecule has 0 saturated carbocycles. The molecule has 0 spiro atoms. The van der Waals surface area contributed by atoms with Crippen LogP contribution >= 0.6 is 11.8 Å². The Kier molecular flexibility index (Phi) is 5.26. The zero-order valence-corrected chi connectivity index (χ0v) is 14.8. The molecule has 1 aromatic heterocycles. The molecule has 1 aromatic carbocycles. The molecule has 0 saturated heterocycles. The maximum Gasteiger partial charge on any atom is 0.416 e. The highest BCUT2D eigenvalue weighted by molar-refractivity contribution is 8.01. The summed E-state index contributed by atoms with van der Waals surface area (Å²) in [5.41, 5.74) is -0.307. The summed E-state index contributed by atoms with van der Waals surface area (Å²) >= 11 is 1.05. The van der Waals surface area contributed by atoms with Crippen molar-refractivity contribution in [2.24, 2.45) is 0 Å². The van der Waals surface area contributed by atoms with Crippen LogP contribution in [-0.2, 0) is 15.8 Å². The average molecular weight is 397 g/mol. The van der Waals surface area contributed by atoms with E-state index in [9.17, 15) is 22.8 Å². The average Bonchev–Trinajstić information content (AvgIpc) is 2.61. The number of thioether (sulfide) groups is 1. The highest BCUT2D eigenvalue weighted by Gasteiger charge is 2.34. The number of rotatable bonds is 4. The Morgan fingerprint density at radius 2 is 2.11 bits per heavy atom. The predicted molar refractivity (Wildman–Crippen MR) is 93.8 cm³/mol. The summed E-state index contributed by atoms with van der Waals surface area (Å²) in [6, 6.07) is 6.31. The Hall–Kier alpha value is -2.75. The second-order valence-corrected chi connectivity index (χ2v) is 6.89. The fourth-order valence-corrected chi connectivity index (χ4v) is 3.51. The molecule has 2 N–H and O–H groups in total. The minimum Gasteiger partial charge on any atom is -0.481 e. The van der Waals surface area contributed by atoms with E-state index >= 15 is 0 Å². The predicted octanol–water partition coefficient (Wildman–Crippen LogP) is 3.55. The van der Waals surface area contributed by atoms with E-state index in [4.69, 9.17) is 4.74 Å². The van der Waals surface area contributed by atoms with E-state index in [0.29, 0.717) is 16.5 Å². The molecular formula is C17H14F3N3O3S. The van der Waals surface area contributed by atoms with Crippen molar-refractivity contribution in [3.8, 4) is 5.88 Å². The van der Waals surface area contributed by atoms with Crippen LogP contribution in [0.5, 0.6) is 5.88 Å². The van der Waals surface area contributed by atoms with Gasteiger partial charge in [0, 0.05) is 17.4 Å². The lowest BCUT2D eigenvalue weighted by molar-refractivity contribution is -0.137. The number of hydrogen-bond donors (Lipinski definition) is 2. The lowest BCUT2D eigenvalue weighted by Crippen LogP contribution is -2.32. The van der Waals surface area contributed by atoms with E-state index in [1.165, 1.54) is 19.4 Å². The van der Waals surface area contributed by atoms with Gasteiger partial charge in [0.2, 0.25) is 17.7 Å². The molecule has 1 aliphatic rings. The molecule has 2 aromatic rings. The van der Waals surface area contributed by atoms with Crippen LogP contribution in [0.15, 0.2) is 41.4 Å². The third-order valence-corrected chi connectivity index (χ3v) is 5.00. The van der Waals surface area contributed by atoms with Gasteiger partial charge in [-0.3, -0.25) is 9.59 Å². The monoisotopic (exact) mass is 397 g/mol. The summed E-state index contributed by atoms with van der Waals surface area (Å²) in [7, 11) is 1.47. The van der Waals surface area contributed by atoms with Crippen molar-refractivity contribution >= 4 is 35.0 Å². The number of carbonyl (C=O) groups is 2. The topological polar surface area (TPSA) is 80.3 Å². The Morgan fingerprint density at radius 1 is 1.33 bits per heavy atom. The van der Waals surface area contributed by atoms with E-state index in [1.807, 2.05) is 0 Å². The molecule has 0 aliphatic carbocycles. The number of carbonyl (C=O) groups excluding carboxylic acids is 2. The van der Waals surface area contributed by atoms with Crippen molar-refractivity contribution < 1.29 is 27.5 Å². The van der Waals surface area contributed by atoms with Gasteiger partial charge in [0.25, 0.3) is 0 Å². The molecule has 1 unspecified atom stereocenters. The molecule has 3 rings (SSSR count). The number of pyridine rings is 1. The second-order valence-electron chi connectivity index (χ2n) is 5.65. The van der Waals surface area contributed by atoms with Gasteiger partial charge in [0.15, 0.2) is 0 Å². The lowest BCUT2D eigenvalue weighted by atomic mass is 10.1. The summed E-state index contributed by atoms with van der Waals surface area (Å²) < 4.78 is 43.2. The van der Waals surface area contributed by atoms with Crippen LogP contribution in [-0.4, -0.2) is 29.2 Å². The molecule has 142 valence electrons. The number of halogens is 3.